The van der Waals surface area contributed by atoms with E-state index in [1.165, 1.54) is 17.4 Å². The Kier molecular flexibility index (Phi) is 4.12. The molecule has 3 nitrogen and oxygen atoms in total. The molecule has 1 unspecified atom stereocenters. The van der Waals surface area contributed by atoms with E-state index in [0.717, 1.165) is 6.26 Å². The molecule has 0 spiro atoms. The number of alkyl halides is 2. The first-order valence-corrected chi connectivity index (χ1v) is 6.19. The van der Waals surface area contributed by atoms with Crippen LogP contribution >= 0.6 is 0 Å². The van der Waals surface area contributed by atoms with Crippen LogP contribution in [0.15, 0.2) is 30.3 Å². The van der Waals surface area contributed by atoms with Crippen LogP contribution in [-0.2, 0) is 10.8 Å². The first-order valence-electron chi connectivity index (χ1n) is 4.46. The van der Waals surface area contributed by atoms with E-state index in [2.05, 4.69) is 0 Å². The molecule has 0 fully saturated rings. The van der Waals surface area contributed by atoms with Crippen LogP contribution in [0.2, 0.25) is 0 Å². The lowest BCUT2D eigenvalue weighted by molar-refractivity contribution is -0.00532. The maximum Gasteiger partial charge on any atom is 0.337 e. The fourth-order valence-electron chi connectivity index (χ4n) is 1.12. The van der Waals surface area contributed by atoms with Crippen molar-refractivity contribution in [1.29, 1.82) is 0 Å². The van der Waals surface area contributed by atoms with Crippen LogP contribution in [0.5, 0.6) is 0 Å². The van der Waals surface area contributed by atoms with Gasteiger partial charge in [-0.2, -0.15) is 8.78 Å². The highest BCUT2D eigenvalue weighted by Crippen LogP contribution is 2.11. The number of amides is 1. The molecule has 0 bridgehead atoms. The molecule has 16 heavy (non-hydrogen) atoms. The van der Waals surface area contributed by atoms with Gasteiger partial charge in [-0.05, 0) is 12.1 Å². The molecule has 1 N–H and O–H groups in total. The second-order valence-corrected chi connectivity index (χ2v) is 4.68. The first-order chi connectivity index (χ1) is 7.41. The highest BCUT2D eigenvalue weighted by atomic mass is 32.2. The highest BCUT2D eigenvalue weighted by molar-refractivity contribution is 7.84. The van der Waals surface area contributed by atoms with E-state index in [9.17, 15) is 17.8 Å². The van der Waals surface area contributed by atoms with Gasteiger partial charge in [-0.1, -0.05) is 18.2 Å². The predicted molar refractivity (Wildman–Crippen MR) is 57.8 cm³/mol. The summed E-state index contributed by atoms with van der Waals surface area (Å²) in [5, 5.41) is 1.54. The lowest BCUT2D eigenvalue weighted by Crippen LogP contribution is -2.44. The maximum atomic E-state index is 13.1. The van der Waals surface area contributed by atoms with E-state index in [1.807, 2.05) is 0 Å². The van der Waals surface area contributed by atoms with Crippen LogP contribution in [0.25, 0.3) is 0 Å². The zero-order valence-corrected chi connectivity index (χ0v) is 9.39. The van der Waals surface area contributed by atoms with Gasteiger partial charge in [0, 0.05) is 22.6 Å². The molecule has 1 aromatic rings. The van der Waals surface area contributed by atoms with Gasteiger partial charge in [-0.3, -0.25) is 14.3 Å². The van der Waals surface area contributed by atoms with Gasteiger partial charge >= 0.3 is 6.05 Å². The zero-order chi connectivity index (χ0) is 12.2. The Labute approximate surface area is 94.3 Å². The summed E-state index contributed by atoms with van der Waals surface area (Å²) in [6.07, 6.45) is 1.16. The molecule has 1 atom stereocenters. The molecule has 1 amide bonds. The van der Waals surface area contributed by atoms with Gasteiger partial charge < -0.3 is 0 Å². The van der Waals surface area contributed by atoms with Crippen LogP contribution in [0.1, 0.15) is 10.4 Å². The quantitative estimate of drug-likeness (QED) is 0.817. The van der Waals surface area contributed by atoms with Gasteiger partial charge in [0.05, 0.1) is 0 Å². The standard InChI is InChI=1S/C10H11F2NO2S/c1-16(15)7-10(11,12)13-9(14)8-5-3-2-4-6-8/h2-6H,7H2,1H3,(H,13,14). The van der Waals surface area contributed by atoms with E-state index in [1.54, 1.807) is 18.2 Å². The molecule has 88 valence electrons. The van der Waals surface area contributed by atoms with Crippen molar-refractivity contribution in [2.45, 2.75) is 6.05 Å². The van der Waals surface area contributed by atoms with Crippen molar-refractivity contribution < 1.29 is 17.8 Å². The van der Waals surface area contributed by atoms with Crippen LogP contribution < -0.4 is 5.32 Å². The Morgan fingerprint density at radius 1 is 1.38 bits per heavy atom. The normalized spacial score (nSPS) is 13.2. The Morgan fingerprint density at radius 2 is 1.94 bits per heavy atom. The Balaban J connectivity index is 2.68. The third-order valence-corrected chi connectivity index (χ3v) is 2.49. The van der Waals surface area contributed by atoms with Crippen LogP contribution in [0, 0.1) is 0 Å². The molecule has 0 saturated carbocycles. The molecule has 0 saturated heterocycles. The Morgan fingerprint density at radius 3 is 2.44 bits per heavy atom. The second-order valence-electron chi connectivity index (χ2n) is 3.24. The molecular formula is C10H11F2NO2S. The lowest BCUT2D eigenvalue weighted by Gasteiger charge is -2.16. The predicted octanol–water partition coefficient (Wildman–Crippen LogP) is 1.39. The fourth-order valence-corrected chi connectivity index (χ4v) is 1.70. The Hall–Kier alpha value is -1.30. The summed E-state index contributed by atoms with van der Waals surface area (Å²) in [5.41, 5.74) is 0.143. The van der Waals surface area contributed by atoms with Crippen molar-refractivity contribution in [3.8, 4) is 0 Å². The molecule has 1 aromatic carbocycles. The van der Waals surface area contributed by atoms with Crippen molar-refractivity contribution in [2.75, 3.05) is 12.0 Å². The molecule has 0 heterocycles. The minimum Gasteiger partial charge on any atom is -0.293 e. The average molecular weight is 247 g/mol. The van der Waals surface area contributed by atoms with Crippen molar-refractivity contribution in [2.24, 2.45) is 0 Å². The molecule has 0 aromatic heterocycles. The number of halogens is 2. The molecular weight excluding hydrogens is 236 g/mol. The van der Waals surface area contributed by atoms with E-state index in [0.29, 0.717) is 0 Å². The van der Waals surface area contributed by atoms with Gasteiger partial charge in [-0.15, -0.1) is 0 Å². The summed E-state index contributed by atoms with van der Waals surface area (Å²) in [4.78, 5) is 11.4. The maximum absolute atomic E-state index is 13.1. The fraction of sp³-hybridized carbons (Fsp3) is 0.300. The topological polar surface area (TPSA) is 46.2 Å². The van der Waals surface area contributed by atoms with Crippen molar-refractivity contribution in [3.05, 3.63) is 35.9 Å². The molecule has 0 radical (unpaired) electrons. The summed E-state index contributed by atoms with van der Waals surface area (Å²) in [7, 11) is -1.67. The minimum atomic E-state index is -3.45. The first kappa shape index (κ1) is 12.8. The van der Waals surface area contributed by atoms with Gasteiger partial charge in [0.2, 0.25) is 0 Å². The summed E-state index contributed by atoms with van der Waals surface area (Å²) in [6.45, 7) is 0. The van der Waals surface area contributed by atoms with Gasteiger partial charge in [0.25, 0.3) is 5.91 Å². The van der Waals surface area contributed by atoms with E-state index in [-0.39, 0.29) is 5.56 Å². The second kappa shape index (κ2) is 5.16. The summed E-state index contributed by atoms with van der Waals surface area (Å²) >= 11 is 0. The highest BCUT2D eigenvalue weighted by Gasteiger charge is 2.32. The summed E-state index contributed by atoms with van der Waals surface area (Å²) < 4.78 is 36.8. The van der Waals surface area contributed by atoms with Crippen LogP contribution in [-0.4, -0.2) is 28.2 Å². The Bertz CT molecular complexity index is 395. The number of nitrogens with one attached hydrogen (secondary N) is 1. The monoisotopic (exact) mass is 247 g/mol. The molecule has 0 aliphatic carbocycles. The van der Waals surface area contributed by atoms with E-state index >= 15 is 0 Å². The number of benzene rings is 1. The summed E-state index contributed by atoms with van der Waals surface area (Å²) in [5.74, 6) is -1.76. The van der Waals surface area contributed by atoms with Crippen LogP contribution in [0.4, 0.5) is 8.78 Å². The van der Waals surface area contributed by atoms with Gasteiger partial charge in [-0.25, -0.2) is 0 Å². The van der Waals surface area contributed by atoms with E-state index < -0.39 is 28.5 Å². The van der Waals surface area contributed by atoms with Crippen molar-refractivity contribution >= 4 is 16.7 Å². The number of carbonyl (C=O) groups excluding carboxylic acids is 1. The molecule has 0 aliphatic heterocycles. The number of hydrogen-bond acceptors (Lipinski definition) is 2. The van der Waals surface area contributed by atoms with Crippen molar-refractivity contribution in [1.82, 2.24) is 5.32 Å². The zero-order valence-electron chi connectivity index (χ0n) is 8.57. The smallest absolute Gasteiger partial charge is 0.293 e. The molecule has 0 aliphatic rings. The van der Waals surface area contributed by atoms with Gasteiger partial charge in [0.15, 0.2) is 0 Å². The summed E-state index contributed by atoms with van der Waals surface area (Å²) in [6, 6.07) is 4.22. The molecule has 1 rings (SSSR count). The van der Waals surface area contributed by atoms with E-state index in [4.69, 9.17) is 0 Å². The number of carbonyl (C=O) groups is 1. The minimum absolute atomic E-state index is 0.143. The van der Waals surface area contributed by atoms with Crippen LogP contribution in [0.3, 0.4) is 0 Å². The lowest BCUT2D eigenvalue weighted by atomic mass is 10.2. The number of rotatable bonds is 4. The average Bonchev–Trinajstić information content (AvgIpc) is 2.16. The third kappa shape index (κ3) is 4.06. The van der Waals surface area contributed by atoms with Gasteiger partial charge in [0.1, 0.15) is 5.75 Å². The molecule has 6 heteroatoms. The SMILES string of the molecule is CS(=O)CC(F)(F)NC(=O)c1ccccc1. The largest absolute Gasteiger partial charge is 0.337 e. The number of hydrogen-bond donors (Lipinski definition) is 1. The third-order valence-electron chi connectivity index (χ3n) is 1.72. The van der Waals surface area contributed by atoms with Crippen molar-refractivity contribution in [3.63, 3.8) is 0 Å².